The van der Waals surface area contributed by atoms with Crippen LogP contribution in [0.4, 0.5) is 0 Å². The quantitative estimate of drug-likeness (QED) is 0.686. The van der Waals surface area contributed by atoms with Gasteiger partial charge in [-0.3, -0.25) is 4.79 Å². The number of amides is 1. The summed E-state index contributed by atoms with van der Waals surface area (Å²) < 4.78 is 5.33. The Morgan fingerprint density at radius 2 is 2.24 bits per heavy atom. The normalized spacial score (nSPS) is 26.0. The van der Waals surface area contributed by atoms with Gasteiger partial charge in [-0.2, -0.15) is 0 Å². The number of hydrogen-bond donors (Lipinski definition) is 2. The first-order valence-electron chi connectivity index (χ1n) is 6.65. The molecule has 2 heterocycles. The molecule has 5 nitrogen and oxygen atoms in total. The lowest BCUT2D eigenvalue weighted by atomic mass is 10.2. The van der Waals surface area contributed by atoms with Crippen LogP contribution in [0.3, 0.4) is 0 Å². The number of ether oxygens (including phenoxy) is 1. The third kappa shape index (κ3) is 4.61. The van der Waals surface area contributed by atoms with Gasteiger partial charge in [-0.15, -0.1) is 0 Å². The van der Waals surface area contributed by atoms with E-state index in [2.05, 4.69) is 15.5 Å². The van der Waals surface area contributed by atoms with Crippen LogP contribution in [0.15, 0.2) is 0 Å². The summed E-state index contributed by atoms with van der Waals surface area (Å²) in [5.74, 6) is 0.157. The maximum absolute atomic E-state index is 11.6. The lowest BCUT2D eigenvalue weighted by molar-refractivity contribution is -0.121. The zero-order valence-corrected chi connectivity index (χ0v) is 10.4. The molecule has 0 radical (unpaired) electrons. The van der Waals surface area contributed by atoms with Crippen LogP contribution in [0.25, 0.3) is 0 Å². The van der Waals surface area contributed by atoms with Gasteiger partial charge >= 0.3 is 0 Å². The number of likely N-dealkylation sites (tertiary alicyclic amines) is 1. The molecule has 2 saturated heterocycles. The van der Waals surface area contributed by atoms with Crippen molar-refractivity contribution in [2.24, 2.45) is 0 Å². The van der Waals surface area contributed by atoms with Gasteiger partial charge in [-0.05, 0) is 25.9 Å². The molecule has 0 bridgehead atoms. The van der Waals surface area contributed by atoms with Crippen LogP contribution >= 0.6 is 0 Å². The average Bonchev–Trinajstić information content (AvgIpc) is 2.88. The Hall–Kier alpha value is -0.650. The van der Waals surface area contributed by atoms with Crippen LogP contribution in [0.2, 0.25) is 0 Å². The third-order valence-corrected chi connectivity index (χ3v) is 3.40. The smallest absolute Gasteiger partial charge is 0.221 e. The molecule has 0 aromatic carbocycles. The molecule has 17 heavy (non-hydrogen) atoms. The minimum Gasteiger partial charge on any atom is -0.378 e. The summed E-state index contributed by atoms with van der Waals surface area (Å²) in [6.45, 7) is 6.26. The van der Waals surface area contributed by atoms with E-state index in [1.807, 2.05) is 0 Å². The van der Waals surface area contributed by atoms with Crippen molar-refractivity contribution in [3.8, 4) is 0 Å². The molecule has 2 N–H and O–H groups in total. The Bertz CT molecular complexity index is 236. The van der Waals surface area contributed by atoms with Gasteiger partial charge in [-0.1, -0.05) is 0 Å². The van der Waals surface area contributed by atoms with Gasteiger partial charge in [0.1, 0.15) is 0 Å². The highest BCUT2D eigenvalue weighted by molar-refractivity contribution is 5.76. The van der Waals surface area contributed by atoms with Crippen LogP contribution in [0.5, 0.6) is 0 Å². The zero-order valence-electron chi connectivity index (χ0n) is 10.4. The average molecular weight is 241 g/mol. The SMILES string of the molecule is O=C(CCN1CCCC1)NCC1COCCN1. The highest BCUT2D eigenvalue weighted by Crippen LogP contribution is 2.07. The lowest BCUT2D eigenvalue weighted by Crippen LogP contribution is -2.48. The number of hydrogen-bond acceptors (Lipinski definition) is 4. The highest BCUT2D eigenvalue weighted by atomic mass is 16.5. The van der Waals surface area contributed by atoms with E-state index in [0.29, 0.717) is 19.6 Å². The first-order valence-corrected chi connectivity index (χ1v) is 6.65. The van der Waals surface area contributed by atoms with Crippen LogP contribution in [0.1, 0.15) is 19.3 Å². The van der Waals surface area contributed by atoms with E-state index >= 15 is 0 Å². The number of carbonyl (C=O) groups excluding carboxylic acids is 1. The van der Waals surface area contributed by atoms with Gasteiger partial charge in [0.25, 0.3) is 0 Å². The number of morpholine rings is 1. The molecule has 98 valence electrons. The number of nitrogens with zero attached hydrogens (tertiary/aromatic N) is 1. The topological polar surface area (TPSA) is 53.6 Å². The van der Waals surface area contributed by atoms with Gasteiger partial charge in [0, 0.05) is 32.1 Å². The van der Waals surface area contributed by atoms with Crippen molar-refractivity contribution in [2.45, 2.75) is 25.3 Å². The summed E-state index contributed by atoms with van der Waals surface area (Å²) in [6.07, 6.45) is 3.18. The van der Waals surface area contributed by atoms with E-state index in [1.54, 1.807) is 0 Å². The first kappa shape index (κ1) is 12.8. The molecule has 0 spiro atoms. The Labute approximate surface area is 103 Å². The molecule has 1 amide bonds. The fraction of sp³-hybridized carbons (Fsp3) is 0.917. The standard InChI is InChI=1S/C12H23N3O2/c16-12(3-7-15-5-1-2-6-15)14-9-11-10-17-8-4-13-11/h11,13H,1-10H2,(H,14,16). The van der Waals surface area contributed by atoms with Crippen LogP contribution in [-0.2, 0) is 9.53 Å². The van der Waals surface area contributed by atoms with Gasteiger partial charge < -0.3 is 20.3 Å². The Kier molecular flexibility index (Phi) is 5.22. The molecule has 2 fully saturated rings. The molecule has 0 aromatic heterocycles. The minimum absolute atomic E-state index is 0.157. The largest absolute Gasteiger partial charge is 0.378 e. The number of carbonyl (C=O) groups is 1. The predicted octanol–water partition coefficient (Wildman–Crippen LogP) is -0.423. The summed E-state index contributed by atoms with van der Waals surface area (Å²) in [7, 11) is 0. The molecule has 0 aromatic rings. The molecule has 0 saturated carbocycles. The van der Waals surface area contributed by atoms with E-state index < -0.39 is 0 Å². The number of rotatable bonds is 5. The first-order chi connectivity index (χ1) is 8.34. The Morgan fingerprint density at radius 1 is 1.41 bits per heavy atom. The second-order valence-corrected chi connectivity index (χ2v) is 4.83. The van der Waals surface area contributed by atoms with Crippen LogP contribution in [-0.4, -0.2) is 62.8 Å². The summed E-state index contributed by atoms with van der Waals surface area (Å²) in [5.41, 5.74) is 0. The fourth-order valence-corrected chi connectivity index (χ4v) is 2.34. The van der Waals surface area contributed by atoms with E-state index in [-0.39, 0.29) is 11.9 Å². The Morgan fingerprint density at radius 3 is 2.94 bits per heavy atom. The van der Waals surface area contributed by atoms with Gasteiger partial charge in [-0.25, -0.2) is 0 Å². The molecule has 2 aliphatic heterocycles. The van der Waals surface area contributed by atoms with Crippen molar-refractivity contribution >= 4 is 5.91 Å². The molecular formula is C12H23N3O2. The summed E-state index contributed by atoms with van der Waals surface area (Å²) in [4.78, 5) is 14.0. The summed E-state index contributed by atoms with van der Waals surface area (Å²) in [6, 6.07) is 0.277. The van der Waals surface area contributed by atoms with Gasteiger partial charge in [0.2, 0.25) is 5.91 Å². The van der Waals surface area contributed by atoms with E-state index in [4.69, 9.17) is 4.74 Å². The van der Waals surface area contributed by atoms with Crippen molar-refractivity contribution in [3.63, 3.8) is 0 Å². The Balaban J connectivity index is 1.53. The molecule has 5 heteroatoms. The summed E-state index contributed by atoms with van der Waals surface area (Å²) in [5, 5.41) is 6.29. The maximum Gasteiger partial charge on any atom is 0.221 e. The van der Waals surface area contributed by atoms with Crippen molar-refractivity contribution in [2.75, 3.05) is 45.9 Å². The molecule has 2 rings (SSSR count). The van der Waals surface area contributed by atoms with E-state index in [0.717, 1.165) is 32.8 Å². The van der Waals surface area contributed by atoms with Crippen molar-refractivity contribution in [1.29, 1.82) is 0 Å². The van der Waals surface area contributed by atoms with Crippen LogP contribution < -0.4 is 10.6 Å². The third-order valence-electron chi connectivity index (χ3n) is 3.40. The van der Waals surface area contributed by atoms with Crippen molar-refractivity contribution < 1.29 is 9.53 Å². The van der Waals surface area contributed by atoms with Crippen molar-refractivity contribution in [1.82, 2.24) is 15.5 Å². The van der Waals surface area contributed by atoms with E-state index in [9.17, 15) is 4.79 Å². The maximum atomic E-state index is 11.6. The molecule has 0 aliphatic carbocycles. The molecule has 2 aliphatic rings. The van der Waals surface area contributed by atoms with Crippen molar-refractivity contribution in [3.05, 3.63) is 0 Å². The lowest BCUT2D eigenvalue weighted by Gasteiger charge is -2.24. The molecule has 1 atom stereocenters. The zero-order chi connectivity index (χ0) is 11.9. The van der Waals surface area contributed by atoms with Gasteiger partial charge in [0.05, 0.1) is 13.2 Å². The monoisotopic (exact) mass is 241 g/mol. The number of nitrogens with one attached hydrogen (secondary N) is 2. The van der Waals surface area contributed by atoms with Crippen LogP contribution in [0, 0.1) is 0 Å². The summed E-state index contributed by atoms with van der Waals surface area (Å²) >= 11 is 0. The minimum atomic E-state index is 0.157. The highest BCUT2D eigenvalue weighted by Gasteiger charge is 2.15. The molecule has 1 unspecified atom stereocenters. The predicted molar refractivity (Wildman–Crippen MR) is 65.9 cm³/mol. The molecular weight excluding hydrogens is 218 g/mol. The second-order valence-electron chi connectivity index (χ2n) is 4.83. The van der Waals surface area contributed by atoms with Gasteiger partial charge in [0.15, 0.2) is 0 Å². The fourth-order valence-electron chi connectivity index (χ4n) is 2.34. The second kappa shape index (κ2) is 6.93. The van der Waals surface area contributed by atoms with E-state index in [1.165, 1.54) is 12.8 Å².